The van der Waals surface area contributed by atoms with Crippen LogP contribution < -0.4 is 18.9 Å². The summed E-state index contributed by atoms with van der Waals surface area (Å²) in [6, 6.07) is 0. The number of hydrogen-bond donors (Lipinski definition) is 0. The van der Waals surface area contributed by atoms with Crippen molar-refractivity contribution in [1.29, 1.82) is 0 Å². The average molecular weight is 148 g/mol. The van der Waals surface area contributed by atoms with Gasteiger partial charge in [0.1, 0.15) is 0 Å². The summed E-state index contributed by atoms with van der Waals surface area (Å²) in [5, 5.41) is 3.94. The molecule has 0 N–H and O–H groups in total. The smallest absolute Gasteiger partial charge is 0.660 e. The second kappa shape index (κ2) is 11.0. The minimum atomic E-state index is 0. The van der Waals surface area contributed by atoms with Gasteiger partial charge in [-0.2, -0.15) is 0 Å². The summed E-state index contributed by atoms with van der Waals surface area (Å²) in [4.78, 5) is 0. The van der Waals surface area contributed by atoms with Crippen molar-refractivity contribution in [2.75, 3.05) is 24.8 Å². The van der Waals surface area contributed by atoms with Crippen LogP contribution in [0.25, 0.3) is 5.32 Å². The van der Waals surface area contributed by atoms with E-state index in [0.29, 0.717) is 11.8 Å². The molecule has 0 amide bonds. The SMILES string of the molecule is ClCC[N-]CCCl.[Li+]. The molecular weight excluding hydrogens is 140 g/mol. The minimum Gasteiger partial charge on any atom is -0.660 e. The molecule has 0 aliphatic rings. The first kappa shape index (κ1) is 11.9. The van der Waals surface area contributed by atoms with Crippen molar-refractivity contribution in [2.45, 2.75) is 0 Å². The van der Waals surface area contributed by atoms with E-state index in [1.807, 2.05) is 0 Å². The number of halogens is 2. The Bertz CT molecular complexity index is 33.2. The van der Waals surface area contributed by atoms with Crippen LogP contribution in [0.2, 0.25) is 0 Å². The van der Waals surface area contributed by atoms with Gasteiger partial charge in [-0.15, -0.1) is 36.3 Å². The van der Waals surface area contributed by atoms with Crippen LogP contribution in [0.3, 0.4) is 0 Å². The van der Waals surface area contributed by atoms with Gasteiger partial charge in [0.05, 0.1) is 0 Å². The summed E-state index contributed by atoms with van der Waals surface area (Å²) in [5.74, 6) is 1.22. The van der Waals surface area contributed by atoms with E-state index in [0.717, 1.165) is 13.1 Å². The fraction of sp³-hybridized carbons (Fsp3) is 1.00. The minimum absolute atomic E-state index is 0. The van der Waals surface area contributed by atoms with Crippen molar-refractivity contribution in [2.24, 2.45) is 0 Å². The van der Waals surface area contributed by atoms with Gasteiger partial charge in [-0.05, 0) is 0 Å². The monoisotopic (exact) mass is 147 g/mol. The van der Waals surface area contributed by atoms with Gasteiger partial charge in [0, 0.05) is 11.8 Å². The fourth-order valence-electron chi connectivity index (χ4n) is 0.231. The molecule has 4 heteroatoms. The summed E-state index contributed by atoms with van der Waals surface area (Å²) >= 11 is 10.6. The summed E-state index contributed by atoms with van der Waals surface area (Å²) in [6.07, 6.45) is 0. The second-order valence-electron chi connectivity index (χ2n) is 1.05. The molecule has 0 aliphatic carbocycles. The maximum absolute atomic E-state index is 5.30. The molecule has 0 aromatic heterocycles. The Morgan fingerprint density at radius 3 is 1.62 bits per heavy atom. The van der Waals surface area contributed by atoms with Crippen LogP contribution in [0.4, 0.5) is 0 Å². The van der Waals surface area contributed by atoms with Crippen molar-refractivity contribution >= 4 is 23.2 Å². The number of nitrogens with zero attached hydrogens (tertiary/aromatic N) is 1. The van der Waals surface area contributed by atoms with E-state index in [1.54, 1.807) is 0 Å². The van der Waals surface area contributed by atoms with E-state index in [4.69, 9.17) is 23.2 Å². The first-order valence-corrected chi connectivity index (χ1v) is 3.24. The molecule has 0 unspecified atom stereocenters. The van der Waals surface area contributed by atoms with E-state index in [1.165, 1.54) is 0 Å². The second-order valence-corrected chi connectivity index (χ2v) is 1.80. The van der Waals surface area contributed by atoms with E-state index >= 15 is 0 Å². The summed E-state index contributed by atoms with van der Waals surface area (Å²) in [6.45, 7) is 1.46. The molecule has 0 bridgehead atoms. The molecule has 0 heterocycles. The van der Waals surface area contributed by atoms with Gasteiger partial charge in [-0.25, -0.2) is 0 Å². The van der Waals surface area contributed by atoms with Crippen LogP contribution in [-0.2, 0) is 0 Å². The van der Waals surface area contributed by atoms with Crippen LogP contribution in [-0.4, -0.2) is 24.8 Å². The van der Waals surface area contributed by atoms with Crippen molar-refractivity contribution in [3.05, 3.63) is 5.32 Å². The first-order chi connectivity index (χ1) is 3.41. The molecule has 0 spiro atoms. The standard InChI is InChI=1S/C4H8Cl2N.Li/c5-1-3-7-4-2-6;/h1-4H2;/q-1;+1. The molecule has 0 saturated carbocycles. The molecule has 0 aromatic rings. The van der Waals surface area contributed by atoms with Crippen LogP contribution in [0, 0.1) is 0 Å². The van der Waals surface area contributed by atoms with Gasteiger partial charge >= 0.3 is 18.9 Å². The number of alkyl halides is 2. The Morgan fingerprint density at radius 1 is 1.00 bits per heavy atom. The molecule has 0 radical (unpaired) electrons. The summed E-state index contributed by atoms with van der Waals surface area (Å²) in [5.41, 5.74) is 0. The van der Waals surface area contributed by atoms with Gasteiger partial charge in [0.15, 0.2) is 0 Å². The quantitative estimate of drug-likeness (QED) is 0.271. The molecule has 0 fully saturated rings. The molecule has 44 valence electrons. The van der Waals surface area contributed by atoms with Crippen LogP contribution in [0.5, 0.6) is 0 Å². The predicted molar refractivity (Wildman–Crippen MR) is 34.5 cm³/mol. The molecule has 1 nitrogen and oxygen atoms in total. The van der Waals surface area contributed by atoms with Gasteiger partial charge in [0.25, 0.3) is 0 Å². The molecule has 0 atom stereocenters. The third kappa shape index (κ3) is 10.2. The fourth-order valence-corrected chi connectivity index (χ4v) is 0.470. The van der Waals surface area contributed by atoms with Crippen LogP contribution >= 0.6 is 23.2 Å². The van der Waals surface area contributed by atoms with Gasteiger partial charge < -0.3 is 5.32 Å². The van der Waals surface area contributed by atoms with Crippen molar-refractivity contribution in [3.63, 3.8) is 0 Å². The Labute approximate surface area is 72.3 Å². The summed E-state index contributed by atoms with van der Waals surface area (Å²) < 4.78 is 0. The zero-order valence-corrected chi connectivity index (χ0v) is 6.54. The van der Waals surface area contributed by atoms with E-state index in [9.17, 15) is 0 Å². The molecular formula is C4H8Cl2LiN. The van der Waals surface area contributed by atoms with E-state index in [-0.39, 0.29) is 18.9 Å². The normalized spacial score (nSPS) is 8.25. The van der Waals surface area contributed by atoms with E-state index in [2.05, 4.69) is 5.32 Å². The molecule has 0 aromatic carbocycles. The molecule has 0 rings (SSSR count). The zero-order valence-electron chi connectivity index (χ0n) is 5.03. The van der Waals surface area contributed by atoms with Crippen LogP contribution in [0.15, 0.2) is 0 Å². The topological polar surface area (TPSA) is 14.1 Å². The Morgan fingerprint density at radius 2 is 1.38 bits per heavy atom. The Balaban J connectivity index is 0. The number of rotatable bonds is 4. The predicted octanol–water partition coefficient (Wildman–Crippen LogP) is -1.16. The molecule has 0 saturated heterocycles. The zero-order chi connectivity index (χ0) is 5.54. The van der Waals surface area contributed by atoms with Crippen molar-refractivity contribution in [3.8, 4) is 0 Å². The average Bonchev–Trinajstić information content (AvgIpc) is 1.69. The Kier molecular flexibility index (Phi) is 16.3. The number of hydrogen-bond acceptors (Lipinski definition) is 0. The third-order valence-electron chi connectivity index (χ3n) is 0.485. The van der Waals surface area contributed by atoms with E-state index < -0.39 is 0 Å². The molecule has 0 aliphatic heterocycles. The largest absolute Gasteiger partial charge is 1.00 e. The summed E-state index contributed by atoms with van der Waals surface area (Å²) in [7, 11) is 0. The van der Waals surface area contributed by atoms with Gasteiger partial charge in [-0.3, -0.25) is 0 Å². The Hall–Kier alpha value is 1.14. The van der Waals surface area contributed by atoms with Crippen molar-refractivity contribution in [1.82, 2.24) is 0 Å². The van der Waals surface area contributed by atoms with Gasteiger partial charge in [-0.1, -0.05) is 0 Å². The molecule has 8 heavy (non-hydrogen) atoms. The maximum Gasteiger partial charge on any atom is 1.00 e. The third-order valence-corrected chi connectivity index (χ3v) is 0.823. The van der Waals surface area contributed by atoms with Gasteiger partial charge in [0.2, 0.25) is 0 Å². The van der Waals surface area contributed by atoms with Crippen LogP contribution in [0.1, 0.15) is 0 Å². The maximum atomic E-state index is 5.30. The van der Waals surface area contributed by atoms with Crippen molar-refractivity contribution < 1.29 is 18.9 Å². The first-order valence-electron chi connectivity index (χ1n) is 2.17.